The number of ether oxygens (including phenoxy) is 10. The highest BCUT2D eigenvalue weighted by atomic mass is 16.7. The Hall–Kier alpha value is -6.03. The molecule has 12 fully saturated rings. The first-order valence-electron chi connectivity index (χ1n) is 36.4. The van der Waals surface area contributed by atoms with E-state index in [9.17, 15) is 60.7 Å². The molecule has 103 heavy (non-hydrogen) atoms. The van der Waals surface area contributed by atoms with E-state index in [2.05, 4.69) is 108 Å². The van der Waals surface area contributed by atoms with Crippen molar-refractivity contribution in [1.82, 2.24) is 10.6 Å². The van der Waals surface area contributed by atoms with Gasteiger partial charge in [-0.1, -0.05) is 98.8 Å². The molecule has 0 aromatic heterocycles. The fourth-order valence-corrected chi connectivity index (χ4v) is 16.2. The lowest BCUT2D eigenvalue weighted by Gasteiger charge is -2.47. The minimum absolute atomic E-state index is 0.0438. The summed E-state index contributed by atoms with van der Waals surface area (Å²) in [6.45, 7) is 8.45. The fourth-order valence-electron chi connectivity index (χ4n) is 16.2. The first-order chi connectivity index (χ1) is 49.8. The fraction of sp³-hybridized carbons (Fsp3) is 0.597. The van der Waals surface area contributed by atoms with Gasteiger partial charge in [0.1, 0.15) is 97.7 Å². The van der Waals surface area contributed by atoms with Gasteiger partial charge in [-0.15, -0.1) is 0 Å². The molecule has 2 amide bonds. The number of fused-ring (bicyclic) bond motifs is 6. The smallest absolute Gasteiger partial charge is 0.226 e. The summed E-state index contributed by atoms with van der Waals surface area (Å²) < 4.78 is 62.8. The van der Waals surface area contributed by atoms with Crippen molar-refractivity contribution in [3.63, 3.8) is 0 Å². The standard InChI is InChI=1S/C77H102N4O22/c1-76(2)56(80(48-28-26-44-18-10-12-20-46(44)60(48)76)34-30-58(86)78-32-16-38-96-68-51-23-15-37-94-69-52(40-82)100-74(65(91)64(69)90)102-72(66(68)92)55(43-85)99-51)24-8-6-5-7-9-25-57-77(3,4)61-47-21-13-11-19-45(47)27-29-49(61)81(57)35-31-59(87)79-33-17-39-97-73-67(93)70-53(41-83)101-75(73)103-71-54(42-84)98-50(22-14-36-95-70)62(88)63(71)89/h5-13,18-21,24-29,50-55,62-75,82-85,88-93H,14-17,22-23,30-43H2,1-4H3,(H-,78,79,86,87)/p+1/t50-,51-,52-,53-,54-,55-,62+,63-,64-,65-,66-,67+,68+,69-,70-,71?,72?,73-,74?,75?/m1/s1. The lowest BCUT2D eigenvalue weighted by atomic mass is 9.79. The Morgan fingerprint density at radius 1 is 0.544 bits per heavy atom. The highest BCUT2D eigenvalue weighted by Crippen LogP contribution is 2.51. The maximum atomic E-state index is 13.8. The van der Waals surface area contributed by atoms with E-state index in [1.807, 2.05) is 54.6 Å². The second-order valence-corrected chi connectivity index (χ2v) is 28.9. The maximum Gasteiger partial charge on any atom is 0.226 e. The van der Waals surface area contributed by atoms with Crippen molar-refractivity contribution in [2.45, 2.75) is 212 Å². The van der Waals surface area contributed by atoms with Gasteiger partial charge in [-0.3, -0.25) is 9.59 Å². The van der Waals surface area contributed by atoms with E-state index in [4.69, 9.17) is 47.4 Å². The van der Waals surface area contributed by atoms with Crippen molar-refractivity contribution in [2.24, 2.45) is 0 Å². The van der Waals surface area contributed by atoms with Crippen LogP contribution in [0.4, 0.5) is 11.4 Å². The number of hydrogen-bond acceptors (Lipinski definition) is 23. The Bertz CT molecular complexity index is 3710. The van der Waals surface area contributed by atoms with Crippen molar-refractivity contribution in [3.05, 3.63) is 132 Å². The van der Waals surface area contributed by atoms with Crippen LogP contribution in [0, 0.1) is 0 Å². The number of rotatable bonds is 24. The predicted molar refractivity (Wildman–Crippen MR) is 377 cm³/mol. The molecule has 14 aliphatic heterocycles. The Kier molecular flexibility index (Phi) is 25.5. The number of carbonyl (C=O) groups is 2. The zero-order chi connectivity index (χ0) is 72.7. The van der Waals surface area contributed by atoms with E-state index in [1.165, 1.54) is 5.56 Å². The maximum absolute atomic E-state index is 13.8. The first kappa shape index (κ1) is 76.6. The lowest BCUT2D eigenvalue weighted by Crippen LogP contribution is -2.65. The number of anilines is 1. The van der Waals surface area contributed by atoms with Crippen LogP contribution in [0.25, 0.3) is 21.5 Å². The van der Waals surface area contributed by atoms with Gasteiger partial charge in [-0.05, 0) is 97.7 Å². The van der Waals surface area contributed by atoms with Crippen LogP contribution in [0.3, 0.4) is 0 Å². The van der Waals surface area contributed by atoms with E-state index in [0.29, 0.717) is 51.6 Å². The molecule has 14 heterocycles. The molecule has 4 aromatic rings. The minimum atomic E-state index is -1.59. The van der Waals surface area contributed by atoms with Crippen molar-refractivity contribution in [1.29, 1.82) is 0 Å². The van der Waals surface area contributed by atoms with Gasteiger partial charge < -0.3 is 114 Å². The predicted octanol–water partition coefficient (Wildman–Crippen LogP) is 2.53. The lowest BCUT2D eigenvalue weighted by molar-refractivity contribution is -0.436. The molecular formula is C77H103N4O22+. The van der Waals surface area contributed by atoms with Gasteiger partial charge in [0.25, 0.3) is 0 Å². The summed E-state index contributed by atoms with van der Waals surface area (Å²) >= 11 is 0. The zero-order valence-corrected chi connectivity index (χ0v) is 58.9. The number of carbonyl (C=O) groups excluding carboxylic acids is 2. The normalized spacial score (nSPS) is 34.1. The van der Waals surface area contributed by atoms with Gasteiger partial charge in [0, 0.05) is 87.0 Å². The molecule has 26 nitrogen and oxygen atoms in total. The topological polar surface area (TPSA) is 359 Å². The average molecular weight is 1440 g/mol. The summed E-state index contributed by atoms with van der Waals surface area (Å²) in [4.78, 5) is 29.7. The van der Waals surface area contributed by atoms with Gasteiger partial charge in [0.05, 0.1) is 50.5 Å². The monoisotopic (exact) mass is 1440 g/mol. The Balaban J connectivity index is 0.673. The summed E-state index contributed by atoms with van der Waals surface area (Å²) in [5.74, 6) is -0.334. The number of aliphatic hydroxyl groups is 10. The number of allylic oxidation sites excluding steroid dienone is 8. The van der Waals surface area contributed by atoms with Crippen molar-refractivity contribution < 1.29 is 113 Å². The third-order valence-electron chi connectivity index (χ3n) is 21.5. The molecule has 14 aliphatic rings. The van der Waals surface area contributed by atoms with Crippen LogP contribution >= 0.6 is 0 Å². The van der Waals surface area contributed by atoms with E-state index in [1.54, 1.807) is 0 Å². The number of aliphatic hydroxyl groups excluding tert-OH is 10. The second-order valence-electron chi connectivity index (χ2n) is 28.9. The summed E-state index contributed by atoms with van der Waals surface area (Å²) in [7, 11) is 0. The van der Waals surface area contributed by atoms with Gasteiger partial charge in [0.2, 0.25) is 17.5 Å². The van der Waals surface area contributed by atoms with Gasteiger partial charge in [0.15, 0.2) is 24.8 Å². The second kappa shape index (κ2) is 34.3. The highest BCUT2D eigenvalue weighted by molar-refractivity contribution is 6.07. The molecule has 562 valence electrons. The number of benzene rings is 4. The van der Waals surface area contributed by atoms with Crippen molar-refractivity contribution in [3.8, 4) is 0 Å². The molecule has 18 rings (SSSR count). The first-order valence-corrected chi connectivity index (χ1v) is 36.4. The van der Waals surface area contributed by atoms with Gasteiger partial charge >= 0.3 is 0 Å². The van der Waals surface area contributed by atoms with Crippen LogP contribution < -0.4 is 15.5 Å². The Morgan fingerprint density at radius 3 is 1.74 bits per heavy atom. The molecule has 0 spiro atoms. The molecule has 20 atom stereocenters. The van der Waals surface area contributed by atoms with Gasteiger partial charge in [-0.2, -0.15) is 4.58 Å². The van der Waals surface area contributed by atoms with Crippen LogP contribution in [0.2, 0.25) is 0 Å². The van der Waals surface area contributed by atoms with Crippen LogP contribution in [0.5, 0.6) is 0 Å². The zero-order valence-electron chi connectivity index (χ0n) is 58.9. The quantitative estimate of drug-likeness (QED) is 0.0272. The van der Waals surface area contributed by atoms with E-state index < -0.39 is 160 Å². The van der Waals surface area contributed by atoms with Crippen LogP contribution in [-0.2, 0) is 67.8 Å². The molecule has 8 bridgehead atoms. The molecule has 4 unspecified atom stereocenters. The van der Waals surface area contributed by atoms with Crippen LogP contribution in [-0.4, -0.2) is 275 Å². The molecule has 4 aromatic carbocycles. The van der Waals surface area contributed by atoms with Crippen molar-refractivity contribution in [2.75, 3.05) is 83.9 Å². The largest absolute Gasteiger partial charge is 0.394 e. The third kappa shape index (κ3) is 16.3. The number of hydrogen-bond donors (Lipinski definition) is 12. The molecule has 26 heteroatoms. The summed E-state index contributed by atoms with van der Waals surface area (Å²) in [6, 6.07) is 25.1. The molecule has 12 saturated heterocycles. The molecule has 0 radical (unpaired) electrons. The Morgan fingerprint density at radius 2 is 1.07 bits per heavy atom. The molecule has 0 aliphatic carbocycles. The highest BCUT2D eigenvalue weighted by Gasteiger charge is 2.55. The third-order valence-corrected chi connectivity index (χ3v) is 21.5. The van der Waals surface area contributed by atoms with E-state index in [-0.39, 0.29) is 64.2 Å². The number of amides is 2. The SMILES string of the molecule is CC1(C)C(=CC=CC=CC=CC2=[N+](CCC(=O)NCCCO[C@H]3C4OC5[C@@H](CO)O[C@H](CCCO[C@@H]([C@@H]3O)[C@@H](CO)O4)[C@H](O)[C@H]5O)c3ccc4ccccc4c3C2(C)C)N(CCC(=O)NCCCO[C@H]2[C@H]3CCCO[C@H]4[C@H](O)[C@@H](O)C(OC([C@@H](CO)O3)[C@@H]2O)O[C@@H]4CO)c2ccc3ccccc3c21. The van der Waals surface area contributed by atoms with E-state index in [0.717, 1.165) is 49.9 Å². The average Bonchev–Trinajstić information content (AvgIpc) is 1.58. The summed E-state index contributed by atoms with van der Waals surface area (Å²) in [5, 5.41) is 119. The van der Waals surface area contributed by atoms with Crippen molar-refractivity contribution >= 4 is 50.4 Å². The van der Waals surface area contributed by atoms with Gasteiger partial charge in [-0.25, -0.2) is 0 Å². The molecular weight excluding hydrogens is 1330 g/mol. The molecule has 12 N–H and O–H groups in total. The van der Waals surface area contributed by atoms with Crippen LogP contribution in [0.1, 0.15) is 90.2 Å². The van der Waals surface area contributed by atoms with Crippen LogP contribution in [0.15, 0.2) is 121 Å². The summed E-state index contributed by atoms with van der Waals surface area (Å²) in [6.07, 6.45) is -6.76. The molecule has 0 saturated carbocycles. The minimum Gasteiger partial charge on any atom is -0.394 e. The Labute approximate surface area is 599 Å². The number of nitrogens with zero attached hydrogens (tertiary/aromatic N) is 2. The summed E-state index contributed by atoms with van der Waals surface area (Å²) in [5.41, 5.74) is 5.50. The number of nitrogens with one attached hydrogen (secondary N) is 2. The van der Waals surface area contributed by atoms with E-state index >= 15 is 0 Å².